The highest BCUT2D eigenvalue weighted by Gasteiger charge is 2.17. The van der Waals surface area contributed by atoms with Gasteiger partial charge in [-0.2, -0.15) is 0 Å². The third kappa shape index (κ3) is 47.8. The van der Waals surface area contributed by atoms with Gasteiger partial charge in [-0.1, -0.05) is 202 Å². The minimum absolute atomic E-state index is 0.0635. The van der Waals surface area contributed by atoms with Crippen molar-refractivity contribution in [1.82, 2.24) is 0 Å². The van der Waals surface area contributed by atoms with Crippen LogP contribution in [0.1, 0.15) is 226 Å². The number of hydrogen-bond donors (Lipinski definition) is 0. The van der Waals surface area contributed by atoms with E-state index >= 15 is 0 Å². The zero-order valence-corrected chi connectivity index (χ0v) is 39.5. The maximum atomic E-state index is 12.6. The van der Waals surface area contributed by atoms with E-state index in [0.29, 0.717) is 19.4 Å². The lowest BCUT2D eigenvalue weighted by molar-refractivity contribution is -0.163. The number of unbranched alkanes of at least 4 members (excludes halogenated alkanes) is 20. The molecule has 5 nitrogen and oxygen atoms in total. The minimum atomic E-state index is -0.550. The number of rotatable bonds is 45. The van der Waals surface area contributed by atoms with E-state index in [1.807, 2.05) is 0 Å². The van der Waals surface area contributed by atoms with Gasteiger partial charge in [0.2, 0.25) is 0 Å². The molecule has 0 spiro atoms. The van der Waals surface area contributed by atoms with Crippen molar-refractivity contribution in [1.29, 1.82) is 0 Å². The molecular formula is C55H94O5. The summed E-state index contributed by atoms with van der Waals surface area (Å²) in [4.78, 5) is 25.1. The van der Waals surface area contributed by atoms with Crippen LogP contribution in [0.5, 0.6) is 0 Å². The van der Waals surface area contributed by atoms with E-state index < -0.39 is 6.10 Å². The van der Waals surface area contributed by atoms with Gasteiger partial charge in [-0.05, 0) is 96.3 Å². The molecule has 0 fully saturated rings. The summed E-state index contributed by atoms with van der Waals surface area (Å²) in [6, 6.07) is 0. The Kier molecular flexibility index (Phi) is 48.0. The van der Waals surface area contributed by atoms with Crippen molar-refractivity contribution in [2.24, 2.45) is 0 Å². The zero-order chi connectivity index (χ0) is 43.5. The van der Waals surface area contributed by atoms with Crippen LogP contribution < -0.4 is 0 Å². The molecule has 60 heavy (non-hydrogen) atoms. The van der Waals surface area contributed by atoms with Crippen molar-refractivity contribution in [2.45, 2.75) is 232 Å². The van der Waals surface area contributed by atoms with E-state index in [1.54, 1.807) is 0 Å². The van der Waals surface area contributed by atoms with Gasteiger partial charge >= 0.3 is 11.9 Å². The van der Waals surface area contributed by atoms with Gasteiger partial charge in [-0.3, -0.25) is 9.59 Å². The molecule has 0 aliphatic rings. The van der Waals surface area contributed by atoms with Gasteiger partial charge in [-0.15, -0.1) is 0 Å². The molecule has 1 unspecified atom stereocenters. The first-order valence-electron chi connectivity index (χ1n) is 25.1. The molecule has 0 saturated heterocycles. The van der Waals surface area contributed by atoms with Crippen LogP contribution in [-0.2, 0) is 23.8 Å². The predicted octanol–water partition coefficient (Wildman–Crippen LogP) is 16.9. The summed E-state index contributed by atoms with van der Waals surface area (Å²) < 4.78 is 17.2. The Hall–Kier alpha value is -2.92. The highest BCUT2D eigenvalue weighted by Crippen LogP contribution is 2.13. The molecule has 0 heterocycles. The van der Waals surface area contributed by atoms with Crippen LogP contribution in [-0.4, -0.2) is 37.9 Å². The molecule has 0 saturated carbocycles. The molecule has 1 atom stereocenters. The Morgan fingerprint density at radius 3 is 1.25 bits per heavy atom. The molecule has 0 radical (unpaired) electrons. The molecule has 0 bridgehead atoms. The Morgan fingerprint density at radius 1 is 0.383 bits per heavy atom. The number of carbonyl (C=O) groups is 2. The molecule has 0 rings (SSSR count). The predicted molar refractivity (Wildman–Crippen MR) is 260 cm³/mol. The molecule has 0 aromatic rings. The second-order valence-corrected chi connectivity index (χ2v) is 16.3. The van der Waals surface area contributed by atoms with Gasteiger partial charge in [0, 0.05) is 19.4 Å². The van der Waals surface area contributed by atoms with Crippen molar-refractivity contribution >= 4 is 11.9 Å². The summed E-state index contributed by atoms with van der Waals surface area (Å²) in [6.45, 7) is 7.58. The fraction of sp³-hybridized carbons (Fsp3) is 0.709. The lowest BCUT2D eigenvalue weighted by atomic mass is 10.1. The molecule has 344 valence electrons. The number of ether oxygens (including phenoxy) is 3. The Bertz CT molecular complexity index is 1130. The van der Waals surface area contributed by atoms with E-state index in [2.05, 4.69) is 106 Å². The van der Waals surface area contributed by atoms with Crippen LogP contribution in [0, 0.1) is 0 Å². The van der Waals surface area contributed by atoms with Crippen molar-refractivity contribution in [3.05, 3.63) is 85.1 Å². The summed E-state index contributed by atoms with van der Waals surface area (Å²) in [5.74, 6) is -0.450. The van der Waals surface area contributed by atoms with E-state index in [0.717, 1.165) is 96.3 Å². The quantitative estimate of drug-likeness (QED) is 0.0347. The minimum Gasteiger partial charge on any atom is -0.462 e. The highest BCUT2D eigenvalue weighted by molar-refractivity contribution is 5.70. The van der Waals surface area contributed by atoms with Crippen LogP contribution in [0.4, 0.5) is 0 Å². The number of hydrogen-bond acceptors (Lipinski definition) is 5. The molecule has 0 aromatic heterocycles. The average Bonchev–Trinajstić information content (AvgIpc) is 3.25. The van der Waals surface area contributed by atoms with Gasteiger partial charge < -0.3 is 14.2 Å². The van der Waals surface area contributed by atoms with Crippen molar-refractivity contribution in [3.63, 3.8) is 0 Å². The second-order valence-electron chi connectivity index (χ2n) is 16.3. The van der Waals surface area contributed by atoms with Crippen LogP contribution in [0.25, 0.3) is 0 Å². The van der Waals surface area contributed by atoms with Crippen LogP contribution in [0.2, 0.25) is 0 Å². The molecular weight excluding hydrogens is 741 g/mol. The normalized spacial score (nSPS) is 12.9. The summed E-state index contributed by atoms with van der Waals surface area (Å²) >= 11 is 0. The summed E-state index contributed by atoms with van der Waals surface area (Å²) in [6.07, 6.45) is 66.2. The van der Waals surface area contributed by atoms with Crippen molar-refractivity contribution in [3.8, 4) is 0 Å². The number of esters is 2. The average molecular weight is 835 g/mol. The van der Waals surface area contributed by atoms with Crippen LogP contribution >= 0.6 is 0 Å². The van der Waals surface area contributed by atoms with Crippen molar-refractivity contribution in [2.75, 3.05) is 19.8 Å². The number of carbonyl (C=O) groups excluding carboxylic acids is 2. The third-order valence-electron chi connectivity index (χ3n) is 10.4. The Morgan fingerprint density at radius 2 is 0.750 bits per heavy atom. The SMILES string of the molecule is CC/C=C\C/C=C\C/C=C\C/C=C\C/C=C\CCCCCC(=O)OCC(COCCCCCCCCCCCC/C=C\C/C=C\CCCCC)OC(=O)CCCCCCC. The van der Waals surface area contributed by atoms with E-state index in [1.165, 1.54) is 96.3 Å². The topological polar surface area (TPSA) is 61.8 Å². The fourth-order valence-corrected chi connectivity index (χ4v) is 6.68. The van der Waals surface area contributed by atoms with E-state index in [4.69, 9.17) is 14.2 Å². The Labute approximate surface area is 371 Å². The highest BCUT2D eigenvalue weighted by atomic mass is 16.6. The zero-order valence-electron chi connectivity index (χ0n) is 39.5. The van der Waals surface area contributed by atoms with Crippen LogP contribution in [0.15, 0.2) is 85.1 Å². The van der Waals surface area contributed by atoms with Crippen LogP contribution in [0.3, 0.4) is 0 Å². The summed E-state index contributed by atoms with van der Waals surface area (Å²) in [5.41, 5.74) is 0. The first-order valence-corrected chi connectivity index (χ1v) is 25.1. The van der Waals surface area contributed by atoms with Gasteiger partial charge in [0.25, 0.3) is 0 Å². The van der Waals surface area contributed by atoms with Crippen molar-refractivity contribution < 1.29 is 23.8 Å². The number of allylic oxidation sites excluding steroid dienone is 14. The van der Waals surface area contributed by atoms with E-state index in [9.17, 15) is 9.59 Å². The lowest BCUT2D eigenvalue weighted by Gasteiger charge is -2.18. The smallest absolute Gasteiger partial charge is 0.306 e. The maximum absolute atomic E-state index is 12.6. The van der Waals surface area contributed by atoms with E-state index in [-0.39, 0.29) is 25.2 Å². The van der Waals surface area contributed by atoms with Gasteiger partial charge in [0.15, 0.2) is 6.10 Å². The molecule has 0 aliphatic heterocycles. The fourth-order valence-electron chi connectivity index (χ4n) is 6.68. The molecule has 0 aromatic carbocycles. The largest absolute Gasteiger partial charge is 0.462 e. The monoisotopic (exact) mass is 835 g/mol. The molecule has 5 heteroatoms. The summed E-state index contributed by atoms with van der Waals surface area (Å²) in [5, 5.41) is 0. The molecule has 0 aliphatic carbocycles. The molecule has 0 amide bonds. The van der Waals surface area contributed by atoms with Gasteiger partial charge in [0.1, 0.15) is 6.61 Å². The third-order valence-corrected chi connectivity index (χ3v) is 10.4. The van der Waals surface area contributed by atoms with Gasteiger partial charge in [0.05, 0.1) is 6.61 Å². The first-order chi connectivity index (χ1) is 29.6. The first kappa shape index (κ1) is 57.1. The molecule has 0 N–H and O–H groups in total. The Balaban J connectivity index is 4.09. The van der Waals surface area contributed by atoms with Gasteiger partial charge in [-0.25, -0.2) is 0 Å². The summed E-state index contributed by atoms with van der Waals surface area (Å²) in [7, 11) is 0. The lowest BCUT2D eigenvalue weighted by Crippen LogP contribution is -2.30. The maximum Gasteiger partial charge on any atom is 0.306 e. The second kappa shape index (κ2) is 50.4. The standard InChI is InChI=1S/C55H94O5/c1-4-7-10-13-15-17-19-21-23-25-27-29-31-33-35-37-39-41-44-47-50-58-51-53(60-55(57)49-46-42-12-9-6-3)52-59-54(56)48-45-43-40-38-36-34-32-30-28-26-24-22-20-18-16-14-11-8-5-2/h8,11,15-18,21-24,28,30,34,36,53H,4-7,9-10,12-14,19-20,25-27,29,31-33,35,37-52H2,1-3H3/b11-8-,17-15-,18-16-,23-21-,24-22-,30-28-,36-34-.